The Balaban J connectivity index is 2.06. The zero-order valence-electron chi connectivity index (χ0n) is 7.86. The third kappa shape index (κ3) is 3.57. The number of ether oxygens (including phenoxy) is 2. The summed E-state index contributed by atoms with van der Waals surface area (Å²) >= 11 is 0. The first-order chi connectivity index (χ1) is 6.22. The van der Waals surface area contributed by atoms with Crippen molar-refractivity contribution in [2.24, 2.45) is 0 Å². The van der Waals surface area contributed by atoms with Gasteiger partial charge in [0.2, 0.25) is 0 Å². The summed E-state index contributed by atoms with van der Waals surface area (Å²) in [7, 11) is 0. The molecule has 1 aliphatic heterocycles. The summed E-state index contributed by atoms with van der Waals surface area (Å²) in [6, 6.07) is 0. The number of hydrogen-bond donors (Lipinski definition) is 0. The average molecular weight is 185 g/mol. The first-order valence-electron chi connectivity index (χ1n) is 4.35. The van der Waals surface area contributed by atoms with Crippen molar-refractivity contribution in [1.29, 1.82) is 0 Å². The fourth-order valence-electron chi connectivity index (χ4n) is 1.19. The lowest BCUT2D eigenvalue weighted by atomic mass is 10.4. The fraction of sp³-hybridized carbons (Fsp3) is 0.667. The van der Waals surface area contributed by atoms with Crippen LogP contribution in [0.25, 0.3) is 0 Å². The van der Waals surface area contributed by atoms with Crippen molar-refractivity contribution in [2.45, 2.75) is 13.0 Å². The van der Waals surface area contributed by atoms with E-state index in [2.05, 4.69) is 11.5 Å². The van der Waals surface area contributed by atoms with Crippen molar-refractivity contribution >= 4 is 5.97 Å². The molecule has 0 amide bonds. The lowest BCUT2D eigenvalue weighted by Gasteiger charge is -2.11. The molecule has 0 aromatic carbocycles. The van der Waals surface area contributed by atoms with Crippen LogP contribution < -0.4 is 0 Å². The molecule has 1 atom stereocenters. The Kier molecular flexibility index (Phi) is 3.92. The molecule has 0 spiro atoms. The van der Waals surface area contributed by atoms with E-state index in [-0.39, 0.29) is 12.1 Å². The number of carbonyl (C=O) groups is 1. The summed E-state index contributed by atoms with van der Waals surface area (Å²) in [5.74, 6) is -0.367. The van der Waals surface area contributed by atoms with Crippen molar-refractivity contribution in [3.8, 4) is 0 Å². The van der Waals surface area contributed by atoms with Gasteiger partial charge in [-0.25, -0.2) is 4.79 Å². The first kappa shape index (κ1) is 10.2. The van der Waals surface area contributed by atoms with Gasteiger partial charge in [-0.3, -0.25) is 4.90 Å². The average Bonchev–Trinajstić information content (AvgIpc) is 2.51. The molecular weight excluding hydrogens is 170 g/mol. The summed E-state index contributed by atoms with van der Waals surface area (Å²) in [6.45, 7) is 8.00. The molecule has 0 aromatic rings. The number of carbonyl (C=O) groups excluding carboxylic acids is 1. The molecule has 1 rings (SSSR count). The highest BCUT2D eigenvalue weighted by Crippen LogP contribution is 2.05. The van der Waals surface area contributed by atoms with Crippen LogP contribution in [0.1, 0.15) is 6.92 Å². The minimum Gasteiger partial charge on any atom is -0.461 e. The number of hydrogen-bond acceptors (Lipinski definition) is 4. The van der Waals surface area contributed by atoms with Crippen molar-refractivity contribution in [1.82, 2.24) is 4.90 Å². The molecule has 1 aliphatic rings. The predicted octanol–water partition coefficient (Wildman–Crippen LogP) is 0.394. The van der Waals surface area contributed by atoms with Crippen LogP contribution in [0.3, 0.4) is 0 Å². The number of rotatable bonds is 4. The van der Waals surface area contributed by atoms with Crippen LogP contribution in [0.15, 0.2) is 12.7 Å². The molecule has 74 valence electrons. The van der Waals surface area contributed by atoms with Crippen LogP contribution in [0, 0.1) is 0 Å². The lowest BCUT2D eigenvalue weighted by Crippen LogP contribution is -2.26. The second kappa shape index (κ2) is 4.99. The van der Waals surface area contributed by atoms with Gasteiger partial charge in [-0.15, -0.1) is 0 Å². The molecule has 1 unspecified atom stereocenters. The maximum Gasteiger partial charge on any atom is 0.330 e. The van der Waals surface area contributed by atoms with E-state index in [9.17, 15) is 4.79 Å². The number of nitrogens with zero attached hydrogens (tertiary/aromatic N) is 1. The largest absolute Gasteiger partial charge is 0.461 e. The smallest absolute Gasteiger partial charge is 0.330 e. The van der Waals surface area contributed by atoms with E-state index in [1.807, 2.05) is 6.92 Å². The molecule has 0 saturated carbocycles. The highest BCUT2D eigenvalue weighted by molar-refractivity contribution is 5.81. The van der Waals surface area contributed by atoms with Crippen LogP contribution in [-0.2, 0) is 14.3 Å². The molecule has 13 heavy (non-hydrogen) atoms. The Morgan fingerprint density at radius 2 is 2.62 bits per heavy atom. The van der Waals surface area contributed by atoms with Crippen molar-refractivity contribution < 1.29 is 14.3 Å². The van der Waals surface area contributed by atoms with Gasteiger partial charge < -0.3 is 9.47 Å². The maximum absolute atomic E-state index is 10.7. The summed E-state index contributed by atoms with van der Waals surface area (Å²) in [5.41, 5.74) is 0. The van der Waals surface area contributed by atoms with Crippen molar-refractivity contribution in [3.05, 3.63) is 12.7 Å². The lowest BCUT2D eigenvalue weighted by molar-refractivity contribution is -0.138. The Morgan fingerprint density at radius 1 is 1.85 bits per heavy atom. The van der Waals surface area contributed by atoms with Crippen molar-refractivity contribution in [3.63, 3.8) is 0 Å². The Morgan fingerprint density at radius 3 is 3.15 bits per heavy atom. The first-order valence-corrected chi connectivity index (χ1v) is 4.35. The van der Waals surface area contributed by atoms with Crippen molar-refractivity contribution in [2.75, 3.05) is 26.4 Å². The molecule has 0 aliphatic carbocycles. The second-order valence-electron chi connectivity index (χ2n) is 3.06. The highest BCUT2D eigenvalue weighted by Gasteiger charge is 2.18. The minimum atomic E-state index is -0.367. The fourth-order valence-corrected chi connectivity index (χ4v) is 1.19. The molecule has 4 nitrogen and oxygen atoms in total. The summed E-state index contributed by atoms with van der Waals surface area (Å²) < 4.78 is 10.1. The van der Waals surface area contributed by atoms with E-state index in [0.717, 1.165) is 13.1 Å². The van der Waals surface area contributed by atoms with Crippen LogP contribution in [-0.4, -0.2) is 43.4 Å². The predicted molar refractivity (Wildman–Crippen MR) is 48.1 cm³/mol. The standard InChI is InChI=1S/C9H15NO3/c1-3-9(11)12-5-4-10-6-8(2)13-7-10/h3,8H,1,4-7H2,2H3. The SMILES string of the molecule is C=CC(=O)OCCN1COC(C)C1. The van der Waals surface area contributed by atoms with E-state index < -0.39 is 0 Å². The quantitative estimate of drug-likeness (QED) is 0.469. The van der Waals surface area contributed by atoms with E-state index in [0.29, 0.717) is 13.3 Å². The maximum atomic E-state index is 10.7. The topological polar surface area (TPSA) is 38.8 Å². The van der Waals surface area contributed by atoms with Gasteiger partial charge in [-0.05, 0) is 6.92 Å². The van der Waals surface area contributed by atoms with Gasteiger partial charge in [-0.1, -0.05) is 6.58 Å². The Bertz CT molecular complexity index is 193. The monoisotopic (exact) mass is 185 g/mol. The molecule has 0 bridgehead atoms. The van der Waals surface area contributed by atoms with Gasteiger partial charge in [0.15, 0.2) is 0 Å². The molecule has 4 heteroatoms. The third-order valence-corrected chi connectivity index (χ3v) is 1.88. The van der Waals surface area contributed by atoms with E-state index >= 15 is 0 Å². The molecule has 0 N–H and O–H groups in total. The normalized spacial score (nSPS) is 23.0. The molecule has 0 radical (unpaired) electrons. The molecule has 1 heterocycles. The van der Waals surface area contributed by atoms with Crippen LogP contribution in [0.2, 0.25) is 0 Å². The Hall–Kier alpha value is -0.870. The van der Waals surface area contributed by atoms with E-state index in [1.165, 1.54) is 6.08 Å². The van der Waals surface area contributed by atoms with Crippen LogP contribution in [0.4, 0.5) is 0 Å². The zero-order valence-corrected chi connectivity index (χ0v) is 7.86. The summed E-state index contributed by atoms with van der Waals surface area (Å²) in [5, 5.41) is 0. The third-order valence-electron chi connectivity index (χ3n) is 1.88. The summed E-state index contributed by atoms with van der Waals surface area (Å²) in [6.07, 6.45) is 1.46. The van der Waals surface area contributed by atoms with Gasteiger partial charge in [0.1, 0.15) is 6.61 Å². The van der Waals surface area contributed by atoms with Gasteiger partial charge in [0, 0.05) is 19.2 Å². The van der Waals surface area contributed by atoms with Crippen LogP contribution >= 0.6 is 0 Å². The van der Waals surface area contributed by atoms with Gasteiger partial charge >= 0.3 is 5.97 Å². The number of esters is 1. The molecular formula is C9H15NO3. The van der Waals surface area contributed by atoms with Gasteiger partial charge in [0.25, 0.3) is 0 Å². The highest BCUT2D eigenvalue weighted by atomic mass is 16.5. The second-order valence-corrected chi connectivity index (χ2v) is 3.06. The van der Waals surface area contributed by atoms with Crippen LogP contribution in [0.5, 0.6) is 0 Å². The van der Waals surface area contributed by atoms with E-state index in [4.69, 9.17) is 9.47 Å². The summed E-state index contributed by atoms with van der Waals surface area (Å²) in [4.78, 5) is 12.8. The zero-order chi connectivity index (χ0) is 9.68. The van der Waals surface area contributed by atoms with Gasteiger partial charge in [0.05, 0.1) is 12.8 Å². The molecule has 1 saturated heterocycles. The van der Waals surface area contributed by atoms with Gasteiger partial charge in [-0.2, -0.15) is 0 Å². The minimum absolute atomic E-state index is 0.287. The Labute approximate surface area is 78.1 Å². The molecule has 0 aromatic heterocycles. The van der Waals surface area contributed by atoms with E-state index in [1.54, 1.807) is 0 Å². The molecule has 1 fully saturated rings.